The molecule has 0 heterocycles. The molecule has 0 aliphatic rings. The molecule has 0 amide bonds. The Kier molecular flexibility index (Phi) is 5.67. The third kappa shape index (κ3) is 3.71. The fraction of sp³-hybridized carbons (Fsp3) is 0.333. The fourth-order valence-corrected chi connectivity index (χ4v) is 1.93. The number of benzene rings is 1. The highest BCUT2D eigenvalue weighted by atomic mass is 35.5. The molecule has 0 spiro atoms. The van der Waals surface area contributed by atoms with Crippen LogP contribution in [0.3, 0.4) is 0 Å². The second-order valence-electron chi connectivity index (χ2n) is 3.33. The summed E-state index contributed by atoms with van der Waals surface area (Å²) in [4.78, 5) is 0. The minimum atomic E-state index is 0.543. The summed E-state index contributed by atoms with van der Waals surface area (Å²) in [6, 6.07) is 3.54. The molecule has 16 heavy (non-hydrogen) atoms. The largest absolute Gasteiger partial charge is 0.491 e. The molecule has 1 aromatic carbocycles. The van der Waals surface area contributed by atoms with Crippen molar-refractivity contribution in [2.24, 2.45) is 0 Å². The van der Waals surface area contributed by atoms with E-state index in [1.165, 1.54) is 0 Å². The molecule has 88 valence electrons. The van der Waals surface area contributed by atoms with E-state index in [0.29, 0.717) is 28.9 Å². The molecule has 1 N–H and O–H groups in total. The minimum Gasteiger partial charge on any atom is -0.491 e. The topological polar surface area (TPSA) is 21.3 Å². The second kappa shape index (κ2) is 6.79. The lowest BCUT2D eigenvalue weighted by Crippen LogP contribution is -2.08. The van der Waals surface area contributed by atoms with Gasteiger partial charge in [-0.05, 0) is 25.6 Å². The summed E-state index contributed by atoms with van der Waals surface area (Å²) >= 11 is 12.0. The van der Waals surface area contributed by atoms with Gasteiger partial charge in [0.05, 0.1) is 11.6 Å². The lowest BCUT2D eigenvalue weighted by molar-refractivity contribution is 0.321. The fourth-order valence-electron chi connectivity index (χ4n) is 1.34. The normalized spacial score (nSPS) is 10.2. The van der Waals surface area contributed by atoms with Gasteiger partial charge in [-0.2, -0.15) is 0 Å². The first-order valence-corrected chi connectivity index (χ1v) is 5.80. The van der Waals surface area contributed by atoms with Crippen molar-refractivity contribution in [3.63, 3.8) is 0 Å². The van der Waals surface area contributed by atoms with Crippen LogP contribution in [0.15, 0.2) is 24.8 Å². The Labute approximate surface area is 106 Å². The van der Waals surface area contributed by atoms with Crippen LogP contribution in [-0.4, -0.2) is 13.7 Å². The summed E-state index contributed by atoms with van der Waals surface area (Å²) in [5, 5.41) is 4.21. The molecule has 1 rings (SSSR count). The molecule has 0 saturated heterocycles. The monoisotopic (exact) mass is 259 g/mol. The van der Waals surface area contributed by atoms with E-state index in [1.807, 2.05) is 19.2 Å². The van der Waals surface area contributed by atoms with Crippen molar-refractivity contribution in [2.45, 2.75) is 13.0 Å². The molecule has 1 aromatic rings. The van der Waals surface area contributed by atoms with E-state index < -0.39 is 0 Å². The van der Waals surface area contributed by atoms with Crippen LogP contribution in [0.25, 0.3) is 0 Å². The van der Waals surface area contributed by atoms with Crippen molar-refractivity contribution in [1.29, 1.82) is 0 Å². The van der Waals surface area contributed by atoms with Crippen molar-refractivity contribution >= 4 is 23.2 Å². The lowest BCUT2D eigenvalue weighted by Gasteiger charge is -2.13. The Balaban J connectivity index is 2.89. The summed E-state index contributed by atoms with van der Waals surface area (Å²) in [6.45, 7) is 4.88. The zero-order chi connectivity index (χ0) is 12.0. The van der Waals surface area contributed by atoms with Gasteiger partial charge in [-0.3, -0.25) is 0 Å². The Bertz CT molecular complexity index is 366. The predicted molar refractivity (Wildman–Crippen MR) is 69.5 cm³/mol. The van der Waals surface area contributed by atoms with Crippen molar-refractivity contribution in [3.05, 3.63) is 40.4 Å². The van der Waals surface area contributed by atoms with Crippen LogP contribution in [-0.2, 0) is 6.54 Å². The molecule has 0 saturated carbocycles. The van der Waals surface area contributed by atoms with Gasteiger partial charge in [0, 0.05) is 17.1 Å². The maximum atomic E-state index is 6.09. The van der Waals surface area contributed by atoms with Crippen LogP contribution in [0, 0.1) is 0 Å². The number of rotatable bonds is 6. The van der Waals surface area contributed by atoms with Gasteiger partial charge in [-0.25, -0.2) is 0 Å². The molecule has 0 bridgehead atoms. The van der Waals surface area contributed by atoms with Crippen LogP contribution in [0.2, 0.25) is 10.0 Å². The Hall–Kier alpha value is -0.700. The molecule has 0 aromatic heterocycles. The number of hydrogen-bond donors (Lipinski definition) is 1. The molecule has 0 unspecified atom stereocenters. The Morgan fingerprint density at radius 1 is 1.44 bits per heavy atom. The van der Waals surface area contributed by atoms with Crippen LogP contribution < -0.4 is 10.1 Å². The summed E-state index contributed by atoms with van der Waals surface area (Å²) in [5.74, 6) is 0.697. The van der Waals surface area contributed by atoms with Gasteiger partial charge in [0.15, 0.2) is 0 Å². The molecule has 0 fully saturated rings. The second-order valence-corrected chi connectivity index (χ2v) is 4.18. The van der Waals surface area contributed by atoms with Crippen LogP contribution in [0.4, 0.5) is 0 Å². The molecular formula is C12H15Cl2NO. The van der Waals surface area contributed by atoms with Crippen LogP contribution >= 0.6 is 23.2 Å². The third-order valence-corrected chi connectivity index (χ3v) is 2.52. The summed E-state index contributed by atoms with van der Waals surface area (Å²) in [6.07, 6.45) is 2.60. The standard InChI is InChI=1S/C12H15Cl2NO/c1-3-4-5-16-12-9(8-15-2)6-10(13)7-11(12)14/h3,6-7,15H,1,4-5,8H2,2H3. The first-order valence-electron chi connectivity index (χ1n) is 5.05. The van der Waals surface area contributed by atoms with E-state index >= 15 is 0 Å². The maximum Gasteiger partial charge on any atom is 0.142 e. The highest BCUT2D eigenvalue weighted by molar-refractivity contribution is 6.35. The summed E-state index contributed by atoms with van der Waals surface area (Å²) < 4.78 is 5.61. The van der Waals surface area contributed by atoms with Crippen molar-refractivity contribution in [3.8, 4) is 5.75 Å². The van der Waals surface area contributed by atoms with E-state index in [4.69, 9.17) is 27.9 Å². The van der Waals surface area contributed by atoms with Gasteiger partial charge in [0.1, 0.15) is 5.75 Å². The summed E-state index contributed by atoms with van der Waals surface area (Å²) in [7, 11) is 1.86. The molecule has 0 aliphatic heterocycles. The average molecular weight is 260 g/mol. The maximum absolute atomic E-state index is 6.09. The van der Waals surface area contributed by atoms with Crippen molar-refractivity contribution in [2.75, 3.05) is 13.7 Å². The highest BCUT2D eigenvalue weighted by Gasteiger charge is 2.09. The van der Waals surface area contributed by atoms with E-state index in [0.717, 1.165) is 12.0 Å². The number of ether oxygens (including phenoxy) is 1. The zero-order valence-electron chi connectivity index (χ0n) is 9.22. The molecule has 0 atom stereocenters. The number of halogens is 2. The van der Waals surface area contributed by atoms with Gasteiger partial charge in [-0.15, -0.1) is 6.58 Å². The van der Waals surface area contributed by atoms with E-state index in [9.17, 15) is 0 Å². The third-order valence-electron chi connectivity index (χ3n) is 2.02. The first-order chi connectivity index (χ1) is 7.69. The number of hydrogen-bond acceptors (Lipinski definition) is 2. The average Bonchev–Trinajstić information content (AvgIpc) is 2.22. The van der Waals surface area contributed by atoms with E-state index in [1.54, 1.807) is 6.07 Å². The highest BCUT2D eigenvalue weighted by Crippen LogP contribution is 2.32. The number of nitrogens with one attached hydrogen (secondary N) is 1. The molecule has 0 aliphatic carbocycles. The molecular weight excluding hydrogens is 245 g/mol. The SMILES string of the molecule is C=CCCOc1c(Cl)cc(Cl)cc1CNC. The van der Waals surface area contributed by atoms with Gasteiger partial charge in [0.2, 0.25) is 0 Å². The Morgan fingerprint density at radius 3 is 2.81 bits per heavy atom. The molecule has 4 heteroatoms. The van der Waals surface area contributed by atoms with Gasteiger partial charge in [-0.1, -0.05) is 29.3 Å². The van der Waals surface area contributed by atoms with Crippen molar-refractivity contribution < 1.29 is 4.74 Å². The van der Waals surface area contributed by atoms with E-state index in [2.05, 4.69) is 11.9 Å². The van der Waals surface area contributed by atoms with Gasteiger partial charge in [0.25, 0.3) is 0 Å². The molecule has 2 nitrogen and oxygen atoms in total. The predicted octanol–water partition coefficient (Wildman–Crippen LogP) is 3.67. The quantitative estimate of drug-likeness (QED) is 0.622. The lowest BCUT2D eigenvalue weighted by atomic mass is 10.2. The smallest absolute Gasteiger partial charge is 0.142 e. The first kappa shape index (κ1) is 13.4. The van der Waals surface area contributed by atoms with Crippen LogP contribution in [0.1, 0.15) is 12.0 Å². The van der Waals surface area contributed by atoms with Crippen molar-refractivity contribution in [1.82, 2.24) is 5.32 Å². The van der Waals surface area contributed by atoms with E-state index in [-0.39, 0.29) is 0 Å². The Morgan fingerprint density at radius 2 is 2.19 bits per heavy atom. The van der Waals surface area contributed by atoms with Gasteiger partial charge < -0.3 is 10.1 Å². The molecule has 0 radical (unpaired) electrons. The zero-order valence-corrected chi connectivity index (χ0v) is 10.7. The minimum absolute atomic E-state index is 0.543. The summed E-state index contributed by atoms with van der Waals surface area (Å²) in [5.41, 5.74) is 0.962. The van der Waals surface area contributed by atoms with Crippen LogP contribution in [0.5, 0.6) is 5.75 Å². The van der Waals surface area contributed by atoms with Gasteiger partial charge >= 0.3 is 0 Å².